The summed E-state index contributed by atoms with van der Waals surface area (Å²) in [5.74, 6) is 1.65. The summed E-state index contributed by atoms with van der Waals surface area (Å²) in [4.78, 5) is 6.38. The van der Waals surface area contributed by atoms with E-state index in [1.807, 2.05) is 31.6 Å². The first-order valence-corrected chi connectivity index (χ1v) is 5.23. The Morgan fingerprint density at radius 3 is 2.94 bits per heavy atom. The van der Waals surface area contributed by atoms with Gasteiger partial charge in [-0.2, -0.15) is 0 Å². The second-order valence-electron chi connectivity index (χ2n) is 3.95. The van der Waals surface area contributed by atoms with Crippen LogP contribution in [0.2, 0.25) is 0 Å². The van der Waals surface area contributed by atoms with Crippen LogP contribution in [0.25, 0.3) is 5.65 Å². The number of nitrogens with zero attached hydrogens (tertiary/aromatic N) is 5. The lowest BCUT2D eigenvalue weighted by Gasteiger charge is -2.10. The Morgan fingerprint density at radius 2 is 2.19 bits per heavy atom. The molecule has 0 saturated carbocycles. The van der Waals surface area contributed by atoms with Gasteiger partial charge in [0.25, 0.3) is 0 Å². The van der Waals surface area contributed by atoms with E-state index < -0.39 is 0 Å². The Bertz CT molecular complexity index is 475. The predicted molar refractivity (Wildman–Crippen MR) is 62.6 cm³/mol. The number of nitrogens with one attached hydrogen (secondary N) is 1. The first kappa shape index (κ1) is 10.8. The Labute approximate surface area is 94.3 Å². The molecule has 0 atom stereocenters. The van der Waals surface area contributed by atoms with E-state index in [0.29, 0.717) is 0 Å². The van der Waals surface area contributed by atoms with Crippen LogP contribution in [0.15, 0.2) is 12.4 Å². The van der Waals surface area contributed by atoms with Crippen molar-refractivity contribution in [3.63, 3.8) is 0 Å². The van der Waals surface area contributed by atoms with Crippen molar-refractivity contribution in [2.75, 3.05) is 32.5 Å². The van der Waals surface area contributed by atoms with Gasteiger partial charge in [-0.25, -0.2) is 4.98 Å². The van der Waals surface area contributed by atoms with Crippen LogP contribution in [0.3, 0.4) is 0 Å². The molecule has 86 valence electrons. The van der Waals surface area contributed by atoms with Crippen molar-refractivity contribution in [2.24, 2.45) is 0 Å². The fourth-order valence-electron chi connectivity index (χ4n) is 1.46. The number of aryl methyl sites for hydroxylation is 1. The fraction of sp³-hybridized carbons (Fsp3) is 0.500. The van der Waals surface area contributed by atoms with Gasteiger partial charge >= 0.3 is 0 Å². The summed E-state index contributed by atoms with van der Waals surface area (Å²) in [6.45, 7) is 3.71. The number of fused-ring (bicyclic) bond motifs is 1. The van der Waals surface area contributed by atoms with Crippen molar-refractivity contribution in [3.8, 4) is 0 Å². The third-order valence-electron chi connectivity index (χ3n) is 2.35. The average molecular weight is 220 g/mol. The number of anilines is 1. The highest BCUT2D eigenvalue weighted by atomic mass is 15.3. The van der Waals surface area contributed by atoms with Crippen molar-refractivity contribution in [1.29, 1.82) is 0 Å². The lowest BCUT2D eigenvalue weighted by Crippen LogP contribution is -2.21. The van der Waals surface area contributed by atoms with Crippen LogP contribution in [-0.2, 0) is 0 Å². The first-order valence-electron chi connectivity index (χ1n) is 5.23. The monoisotopic (exact) mass is 220 g/mol. The average Bonchev–Trinajstić information content (AvgIpc) is 2.61. The molecule has 2 aromatic rings. The van der Waals surface area contributed by atoms with Crippen molar-refractivity contribution in [3.05, 3.63) is 18.2 Å². The summed E-state index contributed by atoms with van der Waals surface area (Å²) in [6, 6.07) is 0. The number of hydrogen-bond donors (Lipinski definition) is 1. The van der Waals surface area contributed by atoms with Crippen molar-refractivity contribution < 1.29 is 0 Å². The third kappa shape index (κ3) is 2.11. The zero-order valence-electron chi connectivity index (χ0n) is 9.80. The van der Waals surface area contributed by atoms with E-state index in [1.165, 1.54) is 0 Å². The van der Waals surface area contributed by atoms with Crippen molar-refractivity contribution in [2.45, 2.75) is 6.92 Å². The molecule has 0 aromatic carbocycles. The van der Waals surface area contributed by atoms with Crippen LogP contribution in [0, 0.1) is 6.92 Å². The summed E-state index contributed by atoms with van der Waals surface area (Å²) in [5.41, 5.74) is 0.777. The maximum absolute atomic E-state index is 4.26. The maximum Gasteiger partial charge on any atom is 0.203 e. The molecule has 0 saturated heterocycles. The molecule has 16 heavy (non-hydrogen) atoms. The Kier molecular flexibility index (Phi) is 3.00. The largest absolute Gasteiger partial charge is 0.366 e. The summed E-state index contributed by atoms with van der Waals surface area (Å²) >= 11 is 0. The molecule has 0 spiro atoms. The smallest absolute Gasteiger partial charge is 0.203 e. The number of likely N-dealkylation sites (N-methyl/N-ethyl adjacent to an activating group) is 1. The van der Waals surface area contributed by atoms with Gasteiger partial charge in [0.2, 0.25) is 5.65 Å². The van der Waals surface area contributed by atoms with Crippen molar-refractivity contribution in [1.82, 2.24) is 24.5 Å². The standard InChI is InChI=1S/C10H16N6/c1-8-13-14-10-9(11-4-6-15(2)3)12-5-7-16(8)10/h5,7H,4,6H2,1-3H3,(H,11,12). The summed E-state index contributed by atoms with van der Waals surface area (Å²) < 4.78 is 1.92. The SMILES string of the molecule is Cc1nnc2c(NCCN(C)C)nccn12. The minimum absolute atomic E-state index is 0.777. The fourth-order valence-corrected chi connectivity index (χ4v) is 1.46. The van der Waals surface area contributed by atoms with E-state index in [0.717, 1.165) is 30.4 Å². The molecule has 0 fully saturated rings. The molecule has 6 heteroatoms. The molecule has 0 radical (unpaired) electrons. The van der Waals surface area contributed by atoms with Gasteiger partial charge < -0.3 is 10.2 Å². The molecular formula is C10H16N6. The van der Waals surface area contributed by atoms with Crippen LogP contribution in [0.4, 0.5) is 5.82 Å². The number of aromatic nitrogens is 4. The molecule has 1 N–H and O–H groups in total. The molecule has 0 aliphatic carbocycles. The van der Waals surface area contributed by atoms with E-state index in [4.69, 9.17) is 0 Å². The normalized spacial score (nSPS) is 11.2. The third-order valence-corrected chi connectivity index (χ3v) is 2.35. The van der Waals surface area contributed by atoms with Crippen LogP contribution < -0.4 is 5.32 Å². The van der Waals surface area contributed by atoms with Gasteiger partial charge in [0.15, 0.2) is 5.82 Å². The molecular weight excluding hydrogens is 204 g/mol. The van der Waals surface area contributed by atoms with Gasteiger partial charge in [-0.3, -0.25) is 4.40 Å². The van der Waals surface area contributed by atoms with E-state index in [1.54, 1.807) is 6.20 Å². The van der Waals surface area contributed by atoms with Gasteiger partial charge in [-0.15, -0.1) is 10.2 Å². The van der Waals surface area contributed by atoms with Crippen molar-refractivity contribution >= 4 is 11.5 Å². The van der Waals surface area contributed by atoms with Gasteiger partial charge in [0.05, 0.1) is 0 Å². The zero-order valence-corrected chi connectivity index (χ0v) is 9.80. The Hall–Kier alpha value is -1.69. The van der Waals surface area contributed by atoms with Crippen LogP contribution in [0.5, 0.6) is 0 Å². The Morgan fingerprint density at radius 1 is 1.38 bits per heavy atom. The molecule has 2 aromatic heterocycles. The summed E-state index contributed by atoms with van der Waals surface area (Å²) in [5, 5.41) is 11.4. The first-order chi connectivity index (χ1) is 7.68. The quantitative estimate of drug-likeness (QED) is 0.808. The molecule has 2 rings (SSSR count). The van der Waals surface area contributed by atoms with E-state index >= 15 is 0 Å². The highest BCUT2D eigenvalue weighted by Gasteiger charge is 2.06. The maximum atomic E-state index is 4.26. The Balaban J connectivity index is 2.17. The molecule has 0 bridgehead atoms. The van der Waals surface area contributed by atoms with Gasteiger partial charge in [0, 0.05) is 25.5 Å². The second kappa shape index (κ2) is 4.44. The minimum atomic E-state index is 0.777. The predicted octanol–water partition coefficient (Wildman–Crippen LogP) is 0.406. The molecule has 0 aliphatic rings. The van der Waals surface area contributed by atoms with Gasteiger partial charge in [-0.1, -0.05) is 0 Å². The molecule has 6 nitrogen and oxygen atoms in total. The van der Waals surface area contributed by atoms with Crippen LogP contribution in [0.1, 0.15) is 5.82 Å². The van der Waals surface area contributed by atoms with Gasteiger partial charge in [-0.05, 0) is 21.0 Å². The molecule has 0 unspecified atom stereocenters. The molecule has 2 heterocycles. The second-order valence-corrected chi connectivity index (χ2v) is 3.95. The zero-order chi connectivity index (χ0) is 11.5. The van der Waals surface area contributed by atoms with E-state index in [9.17, 15) is 0 Å². The van der Waals surface area contributed by atoms with Crippen LogP contribution >= 0.6 is 0 Å². The van der Waals surface area contributed by atoms with Gasteiger partial charge in [0.1, 0.15) is 5.82 Å². The molecule has 0 amide bonds. The summed E-state index contributed by atoms with van der Waals surface area (Å²) in [7, 11) is 4.08. The summed E-state index contributed by atoms with van der Waals surface area (Å²) in [6.07, 6.45) is 3.61. The lowest BCUT2D eigenvalue weighted by atomic mass is 10.5. The number of hydrogen-bond acceptors (Lipinski definition) is 5. The molecule has 0 aliphatic heterocycles. The van der Waals surface area contributed by atoms with E-state index in [2.05, 4.69) is 25.4 Å². The van der Waals surface area contributed by atoms with Crippen LogP contribution in [-0.4, -0.2) is 51.7 Å². The highest BCUT2D eigenvalue weighted by molar-refractivity contribution is 5.61. The highest BCUT2D eigenvalue weighted by Crippen LogP contribution is 2.11. The number of rotatable bonds is 4. The lowest BCUT2D eigenvalue weighted by molar-refractivity contribution is 0.425. The minimum Gasteiger partial charge on any atom is -0.366 e. The topological polar surface area (TPSA) is 58.4 Å². The van der Waals surface area contributed by atoms with E-state index in [-0.39, 0.29) is 0 Å².